The molecule has 19 heteroatoms. The number of unbranched alkanes of at least 4 members (excludes halogenated alkanes) is 42. The molecule has 0 aromatic heterocycles. The van der Waals surface area contributed by atoms with Gasteiger partial charge in [-0.3, -0.25) is 37.3 Å². The summed E-state index contributed by atoms with van der Waals surface area (Å²) in [6, 6.07) is 0. The monoisotopic (exact) mass is 1410 g/mol. The Balaban J connectivity index is 5.19. The van der Waals surface area contributed by atoms with E-state index in [0.29, 0.717) is 25.7 Å². The third kappa shape index (κ3) is 69.2. The highest BCUT2D eigenvalue weighted by Crippen LogP contribution is 2.45. The lowest BCUT2D eigenvalue weighted by Gasteiger charge is -2.21. The first kappa shape index (κ1) is 94.1. The van der Waals surface area contributed by atoms with Crippen LogP contribution >= 0.6 is 15.6 Å². The van der Waals surface area contributed by atoms with Crippen LogP contribution in [0.25, 0.3) is 0 Å². The van der Waals surface area contributed by atoms with Crippen molar-refractivity contribution >= 4 is 39.5 Å². The maximum Gasteiger partial charge on any atom is 0.472 e. The van der Waals surface area contributed by atoms with Crippen molar-refractivity contribution in [2.45, 2.75) is 414 Å². The molecular formula is C77H150O17P2. The summed E-state index contributed by atoms with van der Waals surface area (Å²) in [4.78, 5) is 72.7. The zero-order valence-electron chi connectivity index (χ0n) is 62.8. The molecule has 3 N–H and O–H groups in total. The first-order valence-electron chi connectivity index (χ1n) is 39.9. The van der Waals surface area contributed by atoms with Crippen LogP contribution in [-0.4, -0.2) is 96.7 Å². The first-order chi connectivity index (χ1) is 46.3. The summed E-state index contributed by atoms with van der Waals surface area (Å²) in [6.07, 6.45) is 54.2. The van der Waals surface area contributed by atoms with E-state index in [-0.39, 0.29) is 25.7 Å². The van der Waals surface area contributed by atoms with Gasteiger partial charge in [0.05, 0.1) is 26.4 Å². The van der Waals surface area contributed by atoms with Gasteiger partial charge in [-0.1, -0.05) is 344 Å². The van der Waals surface area contributed by atoms with Crippen molar-refractivity contribution in [1.82, 2.24) is 0 Å². The number of aliphatic hydroxyl groups is 1. The third-order valence-corrected chi connectivity index (χ3v) is 20.1. The molecule has 96 heavy (non-hydrogen) atoms. The van der Waals surface area contributed by atoms with Gasteiger partial charge < -0.3 is 33.8 Å². The largest absolute Gasteiger partial charge is 0.472 e. The number of hydrogen-bond acceptors (Lipinski definition) is 15. The van der Waals surface area contributed by atoms with Crippen molar-refractivity contribution in [2.24, 2.45) is 17.8 Å². The maximum atomic E-state index is 13.1. The Kier molecular flexibility index (Phi) is 66.2. The Morgan fingerprint density at radius 1 is 0.302 bits per heavy atom. The van der Waals surface area contributed by atoms with E-state index in [0.717, 1.165) is 120 Å². The van der Waals surface area contributed by atoms with Crippen LogP contribution in [0.3, 0.4) is 0 Å². The average Bonchev–Trinajstić information content (AvgIpc) is 1.27. The summed E-state index contributed by atoms with van der Waals surface area (Å²) in [5.74, 6) is 0.274. The van der Waals surface area contributed by atoms with Crippen molar-refractivity contribution in [3.05, 3.63) is 0 Å². The summed E-state index contributed by atoms with van der Waals surface area (Å²) < 4.78 is 68.4. The van der Waals surface area contributed by atoms with E-state index < -0.39 is 97.5 Å². The first-order valence-corrected chi connectivity index (χ1v) is 42.9. The van der Waals surface area contributed by atoms with E-state index in [9.17, 15) is 43.2 Å². The Hall–Kier alpha value is -1.94. The number of carbonyl (C=O) groups is 4. The number of carbonyl (C=O) groups excluding carboxylic acids is 4. The van der Waals surface area contributed by atoms with Gasteiger partial charge in [-0.05, 0) is 43.4 Å². The van der Waals surface area contributed by atoms with Gasteiger partial charge in [-0.25, -0.2) is 9.13 Å². The zero-order chi connectivity index (χ0) is 70.9. The lowest BCUT2D eigenvalue weighted by Crippen LogP contribution is -2.30. The number of esters is 4. The van der Waals surface area contributed by atoms with Gasteiger partial charge >= 0.3 is 39.5 Å². The van der Waals surface area contributed by atoms with Crippen molar-refractivity contribution in [3.63, 3.8) is 0 Å². The predicted molar refractivity (Wildman–Crippen MR) is 391 cm³/mol. The standard InChI is InChI=1S/C77H150O17P2/c1-8-10-11-12-34-44-51-58-74(79)87-64-72(93-77(82)61-54-47-40-33-27-29-36-42-49-56-69(5)6)66-91-95(83,84)89-62-71(78)63-90-96(85,86)92-67-73(65-88-75(80)59-52-45-38-31-25-21-18-17-20-24-30-37-43-50-57-70(7)9-2)94-76(81)60-53-46-39-32-26-22-16-14-13-15-19-23-28-35-41-48-55-68(3)4/h68-73,78H,8-67H2,1-7H3,(H,83,84)(H,85,86)/t70?,71-,72+,73+/m0/s1. The topological polar surface area (TPSA) is 237 Å². The number of phosphoric ester groups is 2. The zero-order valence-corrected chi connectivity index (χ0v) is 64.6. The van der Waals surface area contributed by atoms with Crippen LogP contribution in [0, 0.1) is 17.8 Å². The molecule has 6 atom stereocenters. The second-order valence-corrected chi connectivity index (χ2v) is 31.8. The summed E-state index contributed by atoms with van der Waals surface area (Å²) in [5, 5.41) is 10.6. The van der Waals surface area contributed by atoms with Crippen molar-refractivity contribution < 1.29 is 80.2 Å². The number of hydrogen-bond donors (Lipinski definition) is 3. The molecule has 0 rings (SSSR count). The minimum absolute atomic E-state index is 0.105. The second-order valence-electron chi connectivity index (χ2n) is 28.9. The molecule has 0 aliphatic rings. The molecule has 0 spiro atoms. The minimum Gasteiger partial charge on any atom is -0.462 e. The SMILES string of the molecule is CCCCCCCCCC(=O)OC[C@H](COP(=O)(O)OC[C@H](O)COP(=O)(O)OC[C@@H](COC(=O)CCCCCCCCCCCCCCCCC(C)CC)OC(=O)CCCCCCCCCCCCCCCCCCC(C)C)OC(=O)CCCCCCCCCCCC(C)C. The molecule has 0 heterocycles. The minimum atomic E-state index is -4.96. The molecule has 0 aromatic rings. The Morgan fingerprint density at radius 2 is 0.531 bits per heavy atom. The van der Waals surface area contributed by atoms with Gasteiger partial charge in [0.15, 0.2) is 12.2 Å². The lowest BCUT2D eigenvalue weighted by molar-refractivity contribution is -0.161. The van der Waals surface area contributed by atoms with E-state index in [1.54, 1.807) is 0 Å². The molecule has 0 aliphatic carbocycles. The van der Waals surface area contributed by atoms with Crippen molar-refractivity contribution in [3.8, 4) is 0 Å². The van der Waals surface area contributed by atoms with Gasteiger partial charge in [0.2, 0.25) is 0 Å². The Morgan fingerprint density at radius 3 is 0.792 bits per heavy atom. The van der Waals surface area contributed by atoms with Gasteiger partial charge in [0, 0.05) is 25.7 Å². The molecule has 0 aliphatic heterocycles. The molecule has 0 amide bonds. The maximum absolute atomic E-state index is 13.1. The molecule has 0 radical (unpaired) electrons. The normalized spacial score (nSPS) is 14.3. The third-order valence-electron chi connectivity index (χ3n) is 18.2. The highest BCUT2D eigenvalue weighted by atomic mass is 31.2. The van der Waals surface area contributed by atoms with Crippen LogP contribution in [0.4, 0.5) is 0 Å². The van der Waals surface area contributed by atoms with E-state index >= 15 is 0 Å². The molecule has 0 aromatic carbocycles. The van der Waals surface area contributed by atoms with Gasteiger partial charge in [0.25, 0.3) is 0 Å². The highest BCUT2D eigenvalue weighted by Gasteiger charge is 2.30. The smallest absolute Gasteiger partial charge is 0.462 e. The van der Waals surface area contributed by atoms with Crippen LogP contribution in [0.1, 0.15) is 395 Å². The highest BCUT2D eigenvalue weighted by molar-refractivity contribution is 7.47. The van der Waals surface area contributed by atoms with Crippen molar-refractivity contribution in [1.29, 1.82) is 0 Å². The number of aliphatic hydroxyl groups excluding tert-OH is 1. The fourth-order valence-corrected chi connectivity index (χ4v) is 13.3. The molecule has 3 unspecified atom stereocenters. The van der Waals surface area contributed by atoms with E-state index in [1.165, 1.54) is 193 Å². The molecule has 570 valence electrons. The van der Waals surface area contributed by atoms with Crippen LogP contribution in [-0.2, 0) is 65.4 Å². The molecule has 0 saturated heterocycles. The fourth-order valence-electron chi connectivity index (χ4n) is 11.7. The van der Waals surface area contributed by atoms with Gasteiger partial charge in [-0.2, -0.15) is 0 Å². The predicted octanol–water partition coefficient (Wildman–Crippen LogP) is 22.6. The Labute approximate surface area is 588 Å². The summed E-state index contributed by atoms with van der Waals surface area (Å²) >= 11 is 0. The molecule has 0 saturated carbocycles. The average molecular weight is 1410 g/mol. The number of rotatable bonds is 75. The van der Waals surface area contributed by atoms with Crippen LogP contribution in [0.2, 0.25) is 0 Å². The van der Waals surface area contributed by atoms with Gasteiger partial charge in [0.1, 0.15) is 19.3 Å². The van der Waals surface area contributed by atoms with Gasteiger partial charge in [-0.15, -0.1) is 0 Å². The van der Waals surface area contributed by atoms with E-state index in [1.807, 2.05) is 0 Å². The molecular weight excluding hydrogens is 1260 g/mol. The molecule has 0 fully saturated rings. The van der Waals surface area contributed by atoms with Crippen LogP contribution in [0.5, 0.6) is 0 Å². The molecule has 0 bridgehead atoms. The summed E-state index contributed by atoms with van der Waals surface area (Å²) in [5.41, 5.74) is 0. The fraction of sp³-hybridized carbons (Fsp3) is 0.948. The molecule has 17 nitrogen and oxygen atoms in total. The Bertz CT molecular complexity index is 1870. The summed E-state index contributed by atoms with van der Waals surface area (Å²) in [6.45, 7) is 11.9. The lowest BCUT2D eigenvalue weighted by atomic mass is 9.99. The quantitative estimate of drug-likeness (QED) is 0.0222. The van der Waals surface area contributed by atoms with E-state index in [4.69, 9.17) is 37.0 Å². The number of ether oxygens (including phenoxy) is 4. The second kappa shape index (κ2) is 67.5. The van der Waals surface area contributed by atoms with E-state index in [2.05, 4.69) is 48.5 Å². The van der Waals surface area contributed by atoms with Crippen LogP contribution in [0.15, 0.2) is 0 Å². The summed E-state index contributed by atoms with van der Waals surface area (Å²) in [7, 11) is -9.91. The van der Waals surface area contributed by atoms with Crippen molar-refractivity contribution in [2.75, 3.05) is 39.6 Å². The van der Waals surface area contributed by atoms with Crippen LogP contribution < -0.4 is 0 Å². The number of phosphoric acid groups is 2.